The predicted octanol–water partition coefficient (Wildman–Crippen LogP) is 1.64. The van der Waals surface area contributed by atoms with Crippen molar-refractivity contribution in [2.24, 2.45) is 5.92 Å². The molecule has 0 aliphatic carbocycles. The molecule has 1 aliphatic rings. The average molecular weight is 329 g/mol. The summed E-state index contributed by atoms with van der Waals surface area (Å²) in [5.74, 6) is 0.662. The minimum absolute atomic E-state index is 0.00519. The highest BCUT2D eigenvalue weighted by atomic mass is 16.2. The highest BCUT2D eigenvalue weighted by Crippen LogP contribution is 2.20. The minimum Gasteiger partial charge on any atom is -0.339 e. The van der Waals surface area contributed by atoms with E-state index in [0.717, 1.165) is 18.5 Å². The zero-order chi connectivity index (χ0) is 17.1. The summed E-state index contributed by atoms with van der Waals surface area (Å²) in [7, 11) is 0. The maximum atomic E-state index is 12.3. The van der Waals surface area contributed by atoms with Crippen molar-refractivity contribution in [1.29, 1.82) is 0 Å². The van der Waals surface area contributed by atoms with Gasteiger partial charge in [-0.25, -0.2) is 4.98 Å². The van der Waals surface area contributed by atoms with E-state index in [9.17, 15) is 9.59 Å². The van der Waals surface area contributed by atoms with E-state index < -0.39 is 0 Å². The van der Waals surface area contributed by atoms with Crippen molar-refractivity contribution in [3.8, 4) is 0 Å². The fraction of sp³-hybridized carbons (Fsp3) is 0.529. The molecular formula is C17H23N5O2. The Bertz CT molecular complexity index is 743. The SMILES string of the molecule is CC(C)c1cc(=O)n(CC2CCN(C(=O)c3cn[nH]c3)CC2)cn1. The quantitative estimate of drug-likeness (QED) is 0.924. The van der Waals surface area contributed by atoms with Crippen LogP contribution < -0.4 is 5.56 Å². The lowest BCUT2D eigenvalue weighted by Crippen LogP contribution is -2.40. The van der Waals surface area contributed by atoms with Crippen molar-refractivity contribution < 1.29 is 4.79 Å². The van der Waals surface area contributed by atoms with Crippen LogP contribution in [0.15, 0.2) is 29.6 Å². The third-order valence-electron chi connectivity index (χ3n) is 4.59. The zero-order valence-electron chi connectivity index (χ0n) is 14.1. The lowest BCUT2D eigenvalue weighted by atomic mass is 9.96. The van der Waals surface area contributed by atoms with Crippen molar-refractivity contribution >= 4 is 5.91 Å². The van der Waals surface area contributed by atoms with Gasteiger partial charge in [-0.3, -0.25) is 19.3 Å². The molecule has 0 radical (unpaired) electrons. The Kier molecular flexibility index (Phi) is 4.78. The second-order valence-corrected chi connectivity index (χ2v) is 6.68. The van der Waals surface area contributed by atoms with Gasteiger partial charge in [0.2, 0.25) is 0 Å². The first kappa shape index (κ1) is 16.4. The van der Waals surface area contributed by atoms with E-state index in [-0.39, 0.29) is 17.4 Å². The van der Waals surface area contributed by atoms with Gasteiger partial charge in [-0.05, 0) is 24.7 Å². The van der Waals surface area contributed by atoms with Crippen LogP contribution in [0.5, 0.6) is 0 Å². The van der Waals surface area contributed by atoms with Gasteiger partial charge in [0.1, 0.15) is 0 Å². The average Bonchev–Trinajstić information content (AvgIpc) is 3.11. The standard InChI is InChI=1S/C17H23N5O2/c1-12(2)15-7-16(23)22(11-18-15)10-13-3-5-21(6-4-13)17(24)14-8-19-20-9-14/h7-9,11-13H,3-6,10H2,1-2H3,(H,19,20). The molecular weight excluding hydrogens is 306 g/mol. The second kappa shape index (κ2) is 6.98. The van der Waals surface area contributed by atoms with Crippen molar-refractivity contribution in [1.82, 2.24) is 24.6 Å². The molecule has 1 saturated heterocycles. The Hall–Kier alpha value is -2.44. The Morgan fingerprint density at radius 2 is 2.12 bits per heavy atom. The van der Waals surface area contributed by atoms with Crippen LogP contribution in [0.2, 0.25) is 0 Å². The van der Waals surface area contributed by atoms with E-state index in [1.807, 2.05) is 18.7 Å². The number of aromatic nitrogens is 4. The van der Waals surface area contributed by atoms with E-state index >= 15 is 0 Å². The minimum atomic E-state index is 0.00519. The van der Waals surface area contributed by atoms with Gasteiger partial charge in [-0.2, -0.15) is 5.10 Å². The van der Waals surface area contributed by atoms with Crippen LogP contribution in [0, 0.1) is 5.92 Å². The summed E-state index contributed by atoms with van der Waals surface area (Å²) in [4.78, 5) is 30.7. The van der Waals surface area contributed by atoms with Crippen LogP contribution in [-0.2, 0) is 6.54 Å². The first-order chi connectivity index (χ1) is 11.5. The molecule has 0 spiro atoms. The van der Waals surface area contributed by atoms with Gasteiger partial charge in [-0.15, -0.1) is 0 Å². The molecule has 0 saturated carbocycles. The van der Waals surface area contributed by atoms with E-state index in [0.29, 0.717) is 31.1 Å². The number of nitrogens with one attached hydrogen (secondary N) is 1. The Balaban J connectivity index is 1.58. The number of likely N-dealkylation sites (tertiary alicyclic amines) is 1. The molecule has 7 nitrogen and oxygen atoms in total. The topological polar surface area (TPSA) is 83.9 Å². The molecule has 3 heterocycles. The first-order valence-electron chi connectivity index (χ1n) is 8.39. The molecule has 128 valence electrons. The van der Waals surface area contributed by atoms with Crippen LogP contribution >= 0.6 is 0 Å². The van der Waals surface area contributed by atoms with Crippen molar-refractivity contribution in [2.75, 3.05) is 13.1 Å². The number of H-pyrrole nitrogens is 1. The molecule has 7 heteroatoms. The summed E-state index contributed by atoms with van der Waals surface area (Å²) in [6.45, 7) is 6.14. The Labute approximate surface area is 140 Å². The fourth-order valence-corrected chi connectivity index (χ4v) is 3.04. The molecule has 1 fully saturated rings. The molecule has 24 heavy (non-hydrogen) atoms. The molecule has 1 N–H and O–H groups in total. The number of hydrogen-bond donors (Lipinski definition) is 1. The lowest BCUT2D eigenvalue weighted by molar-refractivity contribution is 0.0682. The number of carbonyl (C=O) groups is 1. The monoisotopic (exact) mass is 329 g/mol. The lowest BCUT2D eigenvalue weighted by Gasteiger charge is -2.32. The molecule has 0 aromatic carbocycles. The summed E-state index contributed by atoms with van der Waals surface area (Å²) in [6.07, 6.45) is 6.61. The molecule has 0 bridgehead atoms. The van der Waals surface area contributed by atoms with Gasteiger partial charge in [-0.1, -0.05) is 13.8 Å². The number of nitrogens with zero attached hydrogens (tertiary/aromatic N) is 4. The van der Waals surface area contributed by atoms with E-state index in [1.54, 1.807) is 29.4 Å². The summed E-state index contributed by atoms with van der Waals surface area (Å²) >= 11 is 0. The van der Waals surface area contributed by atoms with Crippen LogP contribution in [0.4, 0.5) is 0 Å². The Morgan fingerprint density at radius 3 is 2.71 bits per heavy atom. The number of piperidine rings is 1. The highest BCUT2D eigenvalue weighted by molar-refractivity contribution is 5.93. The highest BCUT2D eigenvalue weighted by Gasteiger charge is 2.24. The number of carbonyl (C=O) groups excluding carboxylic acids is 1. The molecule has 2 aromatic rings. The number of rotatable bonds is 4. The number of hydrogen-bond acceptors (Lipinski definition) is 4. The maximum Gasteiger partial charge on any atom is 0.257 e. The normalized spacial score (nSPS) is 15.9. The van der Waals surface area contributed by atoms with E-state index in [1.165, 1.54) is 0 Å². The van der Waals surface area contributed by atoms with Crippen LogP contribution in [-0.4, -0.2) is 43.6 Å². The summed E-state index contributed by atoms with van der Waals surface area (Å²) < 4.78 is 1.68. The number of amides is 1. The second-order valence-electron chi connectivity index (χ2n) is 6.68. The summed E-state index contributed by atoms with van der Waals surface area (Å²) in [5.41, 5.74) is 1.43. The summed E-state index contributed by atoms with van der Waals surface area (Å²) in [6, 6.07) is 1.63. The van der Waals surface area contributed by atoms with Crippen LogP contribution in [0.3, 0.4) is 0 Å². The smallest absolute Gasteiger partial charge is 0.257 e. The first-order valence-corrected chi connectivity index (χ1v) is 8.39. The molecule has 1 aliphatic heterocycles. The fourth-order valence-electron chi connectivity index (χ4n) is 3.04. The third kappa shape index (κ3) is 3.55. The van der Waals surface area contributed by atoms with Gasteiger partial charge in [0.05, 0.1) is 23.8 Å². The van der Waals surface area contributed by atoms with Gasteiger partial charge in [0, 0.05) is 31.9 Å². The van der Waals surface area contributed by atoms with Crippen molar-refractivity contribution in [3.05, 3.63) is 46.4 Å². The molecule has 0 atom stereocenters. The molecule has 3 rings (SSSR count). The van der Waals surface area contributed by atoms with Crippen molar-refractivity contribution in [2.45, 2.75) is 39.2 Å². The number of aromatic amines is 1. The van der Waals surface area contributed by atoms with E-state index in [2.05, 4.69) is 15.2 Å². The predicted molar refractivity (Wildman–Crippen MR) is 89.8 cm³/mol. The van der Waals surface area contributed by atoms with Gasteiger partial charge >= 0.3 is 0 Å². The van der Waals surface area contributed by atoms with Gasteiger partial charge in [0.15, 0.2) is 0 Å². The largest absolute Gasteiger partial charge is 0.339 e. The Morgan fingerprint density at radius 1 is 1.38 bits per heavy atom. The molecule has 0 unspecified atom stereocenters. The zero-order valence-corrected chi connectivity index (χ0v) is 14.1. The van der Waals surface area contributed by atoms with Gasteiger partial charge in [0.25, 0.3) is 11.5 Å². The third-order valence-corrected chi connectivity index (χ3v) is 4.59. The van der Waals surface area contributed by atoms with Crippen molar-refractivity contribution in [3.63, 3.8) is 0 Å². The van der Waals surface area contributed by atoms with Crippen LogP contribution in [0.1, 0.15) is 48.7 Å². The summed E-state index contributed by atoms with van der Waals surface area (Å²) in [5, 5.41) is 6.49. The van der Waals surface area contributed by atoms with E-state index in [4.69, 9.17) is 0 Å². The molecule has 1 amide bonds. The molecule has 2 aromatic heterocycles. The van der Waals surface area contributed by atoms with Gasteiger partial charge < -0.3 is 4.90 Å². The maximum absolute atomic E-state index is 12.3. The van der Waals surface area contributed by atoms with Crippen LogP contribution in [0.25, 0.3) is 0 Å².